The van der Waals surface area contributed by atoms with E-state index < -0.39 is 0 Å². The maximum atomic E-state index is 13.2. The molecule has 0 amide bonds. The smallest absolute Gasteiger partial charge is 0.137 e. The van der Waals surface area contributed by atoms with Gasteiger partial charge in [-0.05, 0) is 51.8 Å². The number of nitrogens with zero attached hydrogens (tertiary/aromatic N) is 1. The Hall–Kier alpha value is -2.00. The maximum Gasteiger partial charge on any atom is 0.137 e. The van der Waals surface area contributed by atoms with Crippen LogP contribution in [0.1, 0.15) is 11.3 Å². The Morgan fingerprint density at radius 3 is 2.65 bits per heavy atom. The van der Waals surface area contributed by atoms with Crippen LogP contribution in [-0.2, 0) is 0 Å². The second kappa shape index (κ2) is 5.55. The lowest BCUT2D eigenvalue weighted by atomic mass is 10.1. The van der Waals surface area contributed by atoms with Crippen molar-refractivity contribution in [2.75, 3.05) is 0 Å². The topological polar surface area (TPSA) is 12.9 Å². The van der Waals surface area contributed by atoms with Gasteiger partial charge in [0.05, 0.1) is 15.7 Å². The quantitative estimate of drug-likeness (QED) is 0.621. The number of halogens is 2. The molecule has 0 aliphatic carbocycles. The molecule has 3 heteroatoms. The van der Waals surface area contributed by atoms with Crippen molar-refractivity contribution in [1.29, 1.82) is 0 Å². The van der Waals surface area contributed by atoms with Crippen molar-refractivity contribution >= 4 is 39.0 Å². The first-order chi connectivity index (χ1) is 9.72. The lowest BCUT2D eigenvalue weighted by Crippen LogP contribution is -1.83. The van der Waals surface area contributed by atoms with Crippen LogP contribution in [0.15, 0.2) is 59.1 Å². The Morgan fingerprint density at radius 2 is 1.80 bits per heavy atom. The van der Waals surface area contributed by atoms with E-state index in [1.165, 1.54) is 6.07 Å². The summed E-state index contributed by atoms with van der Waals surface area (Å²) in [6, 6.07) is 16.9. The number of rotatable bonds is 2. The molecule has 0 aliphatic rings. The Balaban J connectivity index is 1.91. The highest BCUT2D eigenvalue weighted by Crippen LogP contribution is 2.19. The normalized spacial score (nSPS) is 11.3. The van der Waals surface area contributed by atoms with Gasteiger partial charge < -0.3 is 0 Å². The van der Waals surface area contributed by atoms with Crippen molar-refractivity contribution < 1.29 is 4.39 Å². The molecule has 2 aromatic carbocycles. The number of fused-ring (bicyclic) bond motifs is 1. The molecular weight excluding hydrogens is 317 g/mol. The number of hydrogen-bond donors (Lipinski definition) is 0. The Labute approximate surface area is 124 Å². The molecule has 1 nitrogen and oxygen atoms in total. The first kappa shape index (κ1) is 13.0. The maximum absolute atomic E-state index is 13.2. The zero-order valence-corrected chi connectivity index (χ0v) is 12.1. The lowest BCUT2D eigenvalue weighted by molar-refractivity contribution is 0.621. The molecule has 98 valence electrons. The van der Waals surface area contributed by atoms with Crippen molar-refractivity contribution in [3.8, 4) is 0 Å². The molecule has 0 bridgehead atoms. The third-order valence-corrected chi connectivity index (χ3v) is 3.62. The van der Waals surface area contributed by atoms with Gasteiger partial charge in [0.1, 0.15) is 5.82 Å². The van der Waals surface area contributed by atoms with Gasteiger partial charge in [-0.1, -0.05) is 36.4 Å². The van der Waals surface area contributed by atoms with E-state index >= 15 is 0 Å². The summed E-state index contributed by atoms with van der Waals surface area (Å²) in [7, 11) is 0. The first-order valence-electron chi connectivity index (χ1n) is 6.21. The van der Waals surface area contributed by atoms with Crippen LogP contribution in [0.3, 0.4) is 0 Å². The minimum absolute atomic E-state index is 0.258. The summed E-state index contributed by atoms with van der Waals surface area (Å²) in [5.74, 6) is -0.258. The Morgan fingerprint density at radius 1 is 0.950 bits per heavy atom. The van der Waals surface area contributed by atoms with Gasteiger partial charge in [-0.25, -0.2) is 9.37 Å². The van der Waals surface area contributed by atoms with Crippen molar-refractivity contribution in [2.24, 2.45) is 0 Å². The largest absolute Gasteiger partial charge is 0.248 e. The van der Waals surface area contributed by atoms with Crippen LogP contribution in [-0.4, -0.2) is 4.98 Å². The van der Waals surface area contributed by atoms with Crippen LogP contribution >= 0.6 is 15.9 Å². The molecule has 20 heavy (non-hydrogen) atoms. The van der Waals surface area contributed by atoms with E-state index in [0.717, 1.165) is 22.2 Å². The van der Waals surface area contributed by atoms with Gasteiger partial charge >= 0.3 is 0 Å². The average Bonchev–Trinajstić information content (AvgIpc) is 2.48. The van der Waals surface area contributed by atoms with Crippen molar-refractivity contribution in [2.45, 2.75) is 0 Å². The molecule has 1 heterocycles. The minimum Gasteiger partial charge on any atom is -0.248 e. The van der Waals surface area contributed by atoms with Crippen LogP contribution in [0.25, 0.3) is 23.1 Å². The summed E-state index contributed by atoms with van der Waals surface area (Å²) in [4.78, 5) is 4.56. The van der Waals surface area contributed by atoms with E-state index in [0.29, 0.717) is 4.47 Å². The SMILES string of the molecule is Fc1ccc(/C=C/c2ccc3ccccc3n2)cc1Br. The van der Waals surface area contributed by atoms with E-state index in [9.17, 15) is 4.39 Å². The van der Waals surface area contributed by atoms with E-state index in [2.05, 4.69) is 20.9 Å². The number of para-hydroxylation sites is 1. The van der Waals surface area contributed by atoms with E-state index in [4.69, 9.17) is 0 Å². The van der Waals surface area contributed by atoms with Gasteiger partial charge in [0.15, 0.2) is 0 Å². The third kappa shape index (κ3) is 2.78. The lowest BCUT2D eigenvalue weighted by Gasteiger charge is -1.99. The molecule has 0 saturated heterocycles. The molecule has 1 aromatic heterocycles. The molecule has 0 N–H and O–H groups in total. The average molecular weight is 328 g/mol. The summed E-state index contributed by atoms with van der Waals surface area (Å²) in [5, 5.41) is 1.12. The predicted octanol–water partition coefficient (Wildman–Crippen LogP) is 5.31. The molecule has 0 radical (unpaired) electrons. The second-order valence-electron chi connectivity index (χ2n) is 4.44. The highest BCUT2D eigenvalue weighted by atomic mass is 79.9. The number of benzene rings is 2. The fraction of sp³-hybridized carbons (Fsp3) is 0. The summed E-state index contributed by atoms with van der Waals surface area (Å²) in [6.45, 7) is 0. The third-order valence-electron chi connectivity index (χ3n) is 3.01. The van der Waals surface area contributed by atoms with Crippen molar-refractivity contribution in [3.63, 3.8) is 0 Å². The zero-order valence-electron chi connectivity index (χ0n) is 10.6. The van der Waals surface area contributed by atoms with Gasteiger partial charge in [0, 0.05) is 5.39 Å². The van der Waals surface area contributed by atoms with Crippen LogP contribution in [0.4, 0.5) is 4.39 Å². The van der Waals surface area contributed by atoms with Crippen LogP contribution in [0, 0.1) is 5.82 Å². The zero-order chi connectivity index (χ0) is 13.9. The standard InChI is InChI=1S/C17H11BrFN/c18-15-11-12(6-10-16(15)19)5-8-14-9-7-13-3-1-2-4-17(13)20-14/h1-11H/b8-5+. The van der Waals surface area contributed by atoms with E-state index in [-0.39, 0.29) is 5.82 Å². The number of pyridine rings is 1. The molecule has 3 aromatic rings. The highest BCUT2D eigenvalue weighted by Gasteiger charge is 1.98. The van der Waals surface area contributed by atoms with Gasteiger partial charge in [-0.3, -0.25) is 0 Å². The van der Waals surface area contributed by atoms with Crippen molar-refractivity contribution in [1.82, 2.24) is 4.98 Å². The fourth-order valence-electron chi connectivity index (χ4n) is 1.97. The van der Waals surface area contributed by atoms with E-state index in [1.54, 1.807) is 12.1 Å². The summed E-state index contributed by atoms with van der Waals surface area (Å²) < 4.78 is 13.6. The highest BCUT2D eigenvalue weighted by molar-refractivity contribution is 9.10. The molecule has 0 fully saturated rings. The molecule has 3 rings (SSSR count). The Bertz CT molecular complexity index is 796. The van der Waals surface area contributed by atoms with Gasteiger partial charge in [-0.15, -0.1) is 0 Å². The van der Waals surface area contributed by atoms with E-state index in [1.807, 2.05) is 48.6 Å². The van der Waals surface area contributed by atoms with Crippen molar-refractivity contribution in [3.05, 3.63) is 76.1 Å². The van der Waals surface area contributed by atoms with Crippen LogP contribution in [0.5, 0.6) is 0 Å². The molecular formula is C17H11BrFN. The second-order valence-corrected chi connectivity index (χ2v) is 5.29. The molecule has 0 spiro atoms. The predicted molar refractivity (Wildman–Crippen MR) is 84.8 cm³/mol. The first-order valence-corrected chi connectivity index (χ1v) is 7.00. The van der Waals surface area contributed by atoms with Gasteiger partial charge in [0.2, 0.25) is 0 Å². The fourth-order valence-corrected chi connectivity index (χ4v) is 2.37. The van der Waals surface area contributed by atoms with Gasteiger partial charge in [0.25, 0.3) is 0 Å². The summed E-state index contributed by atoms with van der Waals surface area (Å²) in [6.07, 6.45) is 3.84. The van der Waals surface area contributed by atoms with Crippen LogP contribution < -0.4 is 0 Å². The molecule has 0 atom stereocenters. The minimum atomic E-state index is -0.258. The van der Waals surface area contributed by atoms with Gasteiger partial charge in [-0.2, -0.15) is 0 Å². The Kier molecular flexibility index (Phi) is 3.61. The number of aromatic nitrogens is 1. The summed E-state index contributed by atoms with van der Waals surface area (Å²) >= 11 is 3.18. The number of hydrogen-bond acceptors (Lipinski definition) is 1. The monoisotopic (exact) mass is 327 g/mol. The van der Waals surface area contributed by atoms with Crippen LogP contribution in [0.2, 0.25) is 0 Å². The molecule has 0 unspecified atom stereocenters. The summed E-state index contributed by atoms with van der Waals surface area (Å²) in [5.41, 5.74) is 2.77. The molecule has 0 saturated carbocycles. The molecule has 0 aliphatic heterocycles.